The lowest BCUT2D eigenvalue weighted by atomic mass is 10.3. The van der Waals surface area contributed by atoms with Gasteiger partial charge < -0.3 is 14.7 Å². The minimum atomic E-state index is 0. The molecule has 1 aromatic heterocycles. The first kappa shape index (κ1) is 20.8. The van der Waals surface area contributed by atoms with E-state index in [0.717, 1.165) is 57.5 Å². The fourth-order valence-electron chi connectivity index (χ4n) is 3.15. The molecule has 0 saturated carbocycles. The molecule has 0 atom stereocenters. The zero-order valence-corrected chi connectivity index (χ0v) is 18.0. The number of nitrogens with one attached hydrogen (secondary N) is 1. The zero-order chi connectivity index (χ0) is 16.6. The van der Waals surface area contributed by atoms with E-state index in [-0.39, 0.29) is 24.0 Å². The summed E-state index contributed by atoms with van der Waals surface area (Å²) in [6.07, 6.45) is 1.64. The van der Waals surface area contributed by atoms with Crippen molar-refractivity contribution in [2.75, 3.05) is 70.9 Å². The number of nitrogens with zero attached hydrogens (tertiary/aromatic N) is 5. The van der Waals surface area contributed by atoms with Gasteiger partial charge in [0.15, 0.2) is 5.96 Å². The van der Waals surface area contributed by atoms with Crippen LogP contribution in [0.4, 0.5) is 0 Å². The van der Waals surface area contributed by atoms with E-state index in [9.17, 15) is 0 Å². The minimum Gasteiger partial charge on any atom is -0.364 e. The molecule has 3 rings (SSSR count). The molecule has 9 heteroatoms. The van der Waals surface area contributed by atoms with Crippen molar-refractivity contribution in [1.82, 2.24) is 25.2 Å². The molecule has 7 nitrogen and oxygen atoms in total. The van der Waals surface area contributed by atoms with E-state index in [2.05, 4.69) is 41.9 Å². The van der Waals surface area contributed by atoms with Gasteiger partial charge in [0.1, 0.15) is 6.26 Å². The average Bonchev–Trinajstić information content (AvgIpc) is 3.14. The molecule has 0 radical (unpaired) electrons. The monoisotopic (exact) mass is 480 g/mol. The zero-order valence-electron chi connectivity index (χ0n) is 14.9. The molecule has 25 heavy (non-hydrogen) atoms. The van der Waals surface area contributed by atoms with Gasteiger partial charge in [-0.2, -0.15) is 11.8 Å². The van der Waals surface area contributed by atoms with Crippen LogP contribution in [-0.4, -0.2) is 96.7 Å². The fourth-order valence-corrected chi connectivity index (χ4v) is 4.13. The van der Waals surface area contributed by atoms with Gasteiger partial charge >= 0.3 is 0 Å². The number of guanidine groups is 1. The van der Waals surface area contributed by atoms with Crippen molar-refractivity contribution in [2.45, 2.75) is 6.54 Å². The first-order valence-electron chi connectivity index (χ1n) is 8.72. The molecule has 2 aliphatic heterocycles. The van der Waals surface area contributed by atoms with Crippen LogP contribution in [-0.2, 0) is 6.54 Å². The van der Waals surface area contributed by atoms with E-state index in [0.29, 0.717) is 0 Å². The summed E-state index contributed by atoms with van der Waals surface area (Å²) in [5.41, 5.74) is 1.01. The standard InChI is InChI=1S/C16H28N6OS.HI/c1-17-16(18-3-4-20-9-12-24-13-10-20)22-7-5-21(6-8-22)14-15-2-11-23-19-15;/h2,11H,3-10,12-14H2,1H3,(H,17,18);1H. The molecule has 0 spiro atoms. The van der Waals surface area contributed by atoms with Crippen LogP contribution in [0.1, 0.15) is 5.69 Å². The van der Waals surface area contributed by atoms with Gasteiger partial charge in [-0.1, -0.05) is 5.16 Å². The Hall–Kier alpha value is -0.520. The second kappa shape index (κ2) is 11.2. The summed E-state index contributed by atoms with van der Waals surface area (Å²) in [6.45, 7) is 9.41. The summed E-state index contributed by atoms with van der Waals surface area (Å²) in [5.74, 6) is 3.56. The van der Waals surface area contributed by atoms with Crippen molar-refractivity contribution in [3.8, 4) is 0 Å². The Morgan fingerprint density at radius 2 is 1.96 bits per heavy atom. The van der Waals surface area contributed by atoms with Crippen LogP contribution in [0.3, 0.4) is 0 Å². The van der Waals surface area contributed by atoms with Gasteiger partial charge in [-0.05, 0) is 0 Å². The fraction of sp³-hybridized carbons (Fsp3) is 0.750. The maximum atomic E-state index is 4.91. The number of halogens is 1. The molecule has 1 aromatic rings. The number of aliphatic imine (C=N–C) groups is 1. The Morgan fingerprint density at radius 3 is 2.60 bits per heavy atom. The van der Waals surface area contributed by atoms with Crippen molar-refractivity contribution in [3.05, 3.63) is 18.0 Å². The summed E-state index contributed by atoms with van der Waals surface area (Å²) in [6, 6.07) is 1.94. The van der Waals surface area contributed by atoms with Crippen molar-refractivity contribution >= 4 is 41.7 Å². The summed E-state index contributed by atoms with van der Waals surface area (Å²) in [7, 11) is 1.88. The summed E-state index contributed by atoms with van der Waals surface area (Å²) < 4.78 is 4.91. The van der Waals surface area contributed by atoms with Crippen LogP contribution in [0.25, 0.3) is 0 Å². The van der Waals surface area contributed by atoms with Crippen LogP contribution in [0, 0.1) is 0 Å². The van der Waals surface area contributed by atoms with Crippen LogP contribution in [0.15, 0.2) is 21.8 Å². The van der Waals surface area contributed by atoms with Crippen molar-refractivity contribution in [1.29, 1.82) is 0 Å². The van der Waals surface area contributed by atoms with E-state index >= 15 is 0 Å². The third-order valence-corrected chi connectivity index (χ3v) is 5.52. The predicted molar refractivity (Wildman–Crippen MR) is 114 cm³/mol. The van der Waals surface area contributed by atoms with Gasteiger partial charge in [-0.25, -0.2) is 0 Å². The number of rotatable bonds is 5. The molecule has 142 valence electrons. The normalized spacial score (nSPS) is 20.4. The number of hydrogen-bond donors (Lipinski definition) is 1. The first-order valence-corrected chi connectivity index (χ1v) is 9.88. The van der Waals surface area contributed by atoms with Crippen molar-refractivity contribution < 1.29 is 4.52 Å². The van der Waals surface area contributed by atoms with Crippen LogP contribution in [0.5, 0.6) is 0 Å². The highest BCUT2D eigenvalue weighted by Crippen LogP contribution is 2.09. The van der Waals surface area contributed by atoms with Gasteiger partial charge in [0.25, 0.3) is 0 Å². The number of hydrogen-bond acceptors (Lipinski definition) is 6. The average molecular weight is 480 g/mol. The van der Waals surface area contributed by atoms with Gasteiger partial charge in [-0.15, -0.1) is 24.0 Å². The Labute approximate surface area is 171 Å². The molecule has 2 saturated heterocycles. The first-order chi connectivity index (χ1) is 11.8. The third-order valence-electron chi connectivity index (χ3n) is 4.58. The largest absolute Gasteiger partial charge is 0.364 e. The molecule has 3 heterocycles. The summed E-state index contributed by atoms with van der Waals surface area (Å²) >= 11 is 2.06. The summed E-state index contributed by atoms with van der Waals surface area (Å²) in [4.78, 5) is 11.8. The van der Waals surface area contributed by atoms with E-state index < -0.39 is 0 Å². The molecule has 0 unspecified atom stereocenters. The van der Waals surface area contributed by atoms with Gasteiger partial charge in [0, 0.05) is 83.5 Å². The van der Waals surface area contributed by atoms with E-state index in [1.807, 2.05) is 13.1 Å². The molecule has 0 aromatic carbocycles. The SMILES string of the molecule is CN=C(NCCN1CCSCC1)N1CCN(Cc2ccon2)CC1.I. The second-order valence-corrected chi connectivity index (χ2v) is 7.41. The quantitative estimate of drug-likeness (QED) is 0.384. The predicted octanol–water partition coefficient (Wildman–Crippen LogP) is 1.03. The van der Waals surface area contributed by atoms with E-state index in [1.165, 1.54) is 24.6 Å². The van der Waals surface area contributed by atoms with Crippen LogP contribution >= 0.6 is 35.7 Å². The van der Waals surface area contributed by atoms with Crippen LogP contribution in [0.2, 0.25) is 0 Å². The molecule has 0 bridgehead atoms. The van der Waals surface area contributed by atoms with E-state index in [4.69, 9.17) is 4.52 Å². The Bertz CT molecular complexity index is 501. The molecule has 0 aliphatic carbocycles. The van der Waals surface area contributed by atoms with Crippen molar-refractivity contribution in [3.63, 3.8) is 0 Å². The van der Waals surface area contributed by atoms with Gasteiger partial charge in [0.05, 0.1) is 5.69 Å². The lowest BCUT2D eigenvalue weighted by molar-refractivity contribution is 0.168. The molecule has 2 aliphatic rings. The lowest BCUT2D eigenvalue weighted by Gasteiger charge is -2.36. The number of aromatic nitrogens is 1. The second-order valence-electron chi connectivity index (χ2n) is 6.18. The van der Waals surface area contributed by atoms with Crippen LogP contribution < -0.4 is 5.32 Å². The minimum absolute atomic E-state index is 0. The molecule has 0 amide bonds. The highest BCUT2D eigenvalue weighted by molar-refractivity contribution is 14.0. The third kappa shape index (κ3) is 6.61. The Kier molecular flexibility index (Phi) is 9.35. The van der Waals surface area contributed by atoms with Crippen molar-refractivity contribution in [2.24, 2.45) is 4.99 Å². The van der Waals surface area contributed by atoms with E-state index in [1.54, 1.807) is 6.26 Å². The highest BCUT2D eigenvalue weighted by Gasteiger charge is 2.20. The van der Waals surface area contributed by atoms with Gasteiger partial charge in [0.2, 0.25) is 0 Å². The smallest absolute Gasteiger partial charge is 0.193 e. The lowest BCUT2D eigenvalue weighted by Crippen LogP contribution is -2.53. The Morgan fingerprint density at radius 1 is 1.20 bits per heavy atom. The molecular weight excluding hydrogens is 451 g/mol. The highest BCUT2D eigenvalue weighted by atomic mass is 127. The number of piperazine rings is 1. The topological polar surface area (TPSA) is 60.1 Å². The molecule has 1 N–H and O–H groups in total. The Balaban J connectivity index is 0.00000225. The number of thioether (sulfide) groups is 1. The van der Waals surface area contributed by atoms with Gasteiger partial charge in [-0.3, -0.25) is 14.8 Å². The molecule has 2 fully saturated rings. The maximum Gasteiger partial charge on any atom is 0.193 e. The molecular formula is C16H29IN6OS. The summed E-state index contributed by atoms with van der Waals surface area (Å²) in [5, 5.41) is 7.52. The maximum absolute atomic E-state index is 4.91.